The van der Waals surface area contributed by atoms with Gasteiger partial charge in [0.05, 0.1) is 6.42 Å². The number of aryl methyl sites for hydroxylation is 1. The van der Waals surface area contributed by atoms with Crippen LogP contribution in [-0.2, 0) is 22.6 Å². The van der Waals surface area contributed by atoms with Gasteiger partial charge in [-0.2, -0.15) is 0 Å². The topological polar surface area (TPSA) is 49.4 Å². The molecule has 0 aliphatic heterocycles. The van der Waals surface area contributed by atoms with E-state index >= 15 is 0 Å². The van der Waals surface area contributed by atoms with Gasteiger partial charge in [0.15, 0.2) is 0 Å². The van der Waals surface area contributed by atoms with Crippen molar-refractivity contribution in [1.82, 2.24) is 10.2 Å². The highest BCUT2D eigenvalue weighted by Gasteiger charge is 2.27. The normalized spacial score (nSPS) is 11.9. The van der Waals surface area contributed by atoms with Gasteiger partial charge in [-0.3, -0.25) is 9.59 Å². The van der Waals surface area contributed by atoms with Crippen molar-refractivity contribution in [1.29, 1.82) is 0 Å². The summed E-state index contributed by atoms with van der Waals surface area (Å²) in [6.07, 6.45) is 0.241. The third-order valence-corrected chi connectivity index (χ3v) is 4.70. The monoisotopic (exact) mass is 386 g/mol. The van der Waals surface area contributed by atoms with Crippen LogP contribution in [0, 0.1) is 6.92 Å². The van der Waals surface area contributed by atoms with Crippen LogP contribution in [0.2, 0.25) is 5.02 Å². The van der Waals surface area contributed by atoms with Gasteiger partial charge in [0.25, 0.3) is 0 Å². The third-order valence-electron chi connectivity index (χ3n) is 4.33. The number of amides is 2. The quantitative estimate of drug-likeness (QED) is 0.777. The molecule has 27 heavy (non-hydrogen) atoms. The van der Waals surface area contributed by atoms with Crippen LogP contribution in [0.3, 0.4) is 0 Å². The van der Waals surface area contributed by atoms with Crippen molar-refractivity contribution in [3.8, 4) is 0 Å². The van der Waals surface area contributed by atoms with E-state index in [9.17, 15) is 9.59 Å². The summed E-state index contributed by atoms with van der Waals surface area (Å²) in [7, 11) is 0. The molecule has 0 saturated carbocycles. The molecule has 0 radical (unpaired) electrons. The highest BCUT2D eigenvalue weighted by Crippen LogP contribution is 2.19. The van der Waals surface area contributed by atoms with Crippen molar-refractivity contribution in [2.24, 2.45) is 0 Å². The number of carbonyl (C=O) groups excluding carboxylic acids is 2. The zero-order valence-electron chi connectivity index (χ0n) is 16.3. The van der Waals surface area contributed by atoms with Crippen LogP contribution in [0.1, 0.15) is 37.5 Å². The highest BCUT2D eigenvalue weighted by atomic mass is 35.5. The van der Waals surface area contributed by atoms with Gasteiger partial charge in [0, 0.05) is 17.6 Å². The first-order valence-electron chi connectivity index (χ1n) is 9.16. The molecule has 2 rings (SSSR count). The highest BCUT2D eigenvalue weighted by molar-refractivity contribution is 6.31. The maximum absolute atomic E-state index is 13.1. The van der Waals surface area contributed by atoms with Crippen molar-refractivity contribution >= 4 is 23.4 Å². The Bertz CT molecular complexity index is 804. The van der Waals surface area contributed by atoms with Crippen molar-refractivity contribution in [3.05, 3.63) is 70.2 Å². The lowest BCUT2D eigenvalue weighted by atomic mass is 10.1. The van der Waals surface area contributed by atoms with Crippen molar-refractivity contribution in [2.75, 3.05) is 0 Å². The van der Waals surface area contributed by atoms with Gasteiger partial charge in [-0.25, -0.2) is 0 Å². The minimum atomic E-state index is -0.596. The van der Waals surface area contributed by atoms with Crippen LogP contribution in [0.5, 0.6) is 0 Å². The molecule has 2 aromatic carbocycles. The van der Waals surface area contributed by atoms with E-state index in [0.717, 1.165) is 16.7 Å². The fourth-order valence-corrected chi connectivity index (χ4v) is 3.09. The SMILES string of the molecule is Cc1cccc(CC(=O)N(Cc2ccccc2Cl)C(C)C(=O)NC(C)C)c1. The Morgan fingerprint density at radius 2 is 1.78 bits per heavy atom. The van der Waals surface area contributed by atoms with E-state index in [2.05, 4.69) is 5.32 Å². The summed E-state index contributed by atoms with van der Waals surface area (Å²) in [4.78, 5) is 27.2. The van der Waals surface area contributed by atoms with Gasteiger partial charge < -0.3 is 10.2 Å². The van der Waals surface area contributed by atoms with E-state index in [1.807, 2.05) is 63.2 Å². The molecule has 0 aliphatic rings. The van der Waals surface area contributed by atoms with Gasteiger partial charge in [-0.1, -0.05) is 59.6 Å². The first-order chi connectivity index (χ1) is 12.8. The summed E-state index contributed by atoms with van der Waals surface area (Å²) >= 11 is 6.28. The molecule has 4 nitrogen and oxygen atoms in total. The maximum Gasteiger partial charge on any atom is 0.242 e. The Morgan fingerprint density at radius 1 is 1.07 bits per heavy atom. The summed E-state index contributed by atoms with van der Waals surface area (Å²) in [6.45, 7) is 7.84. The van der Waals surface area contributed by atoms with Gasteiger partial charge in [0.2, 0.25) is 11.8 Å². The summed E-state index contributed by atoms with van der Waals surface area (Å²) < 4.78 is 0. The number of nitrogens with zero attached hydrogens (tertiary/aromatic N) is 1. The number of hydrogen-bond acceptors (Lipinski definition) is 2. The number of carbonyl (C=O) groups is 2. The molecular weight excluding hydrogens is 360 g/mol. The molecule has 2 amide bonds. The molecule has 1 atom stereocenters. The molecule has 1 unspecified atom stereocenters. The second-order valence-electron chi connectivity index (χ2n) is 7.12. The van der Waals surface area contributed by atoms with E-state index < -0.39 is 6.04 Å². The number of nitrogens with one attached hydrogen (secondary N) is 1. The van der Waals surface area contributed by atoms with E-state index in [-0.39, 0.29) is 30.8 Å². The molecule has 0 aromatic heterocycles. The minimum absolute atomic E-state index is 0.00832. The average molecular weight is 387 g/mol. The molecule has 1 N–H and O–H groups in total. The number of hydrogen-bond donors (Lipinski definition) is 1. The number of benzene rings is 2. The smallest absolute Gasteiger partial charge is 0.242 e. The standard InChI is InChI=1S/C22H27ClN2O2/c1-15(2)24-22(27)17(4)25(14-19-10-5-6-11-20(19)23)21(26)13-18-9-7-8-16(3)12-18/h5-12,15,17H,13-14H2,1-4H3,(H,24,27). The number of halogens is 1. The molecule has 0 saturated heterocycles. The second-order valence-corrected chi connectivity index (χ2v) is 7.53. The van der Waals surface area contributed by atoms with Crippen molar-refractivity contribution < 1.29 is 9.59 Å². The molecule has 144 valence electrons. The van der Waals surface area contributed by atoms with Crippen LogP contribution >= 0.6 is 11.6 Å². The van der Waals surface area contributed by atoms with Crippen molar-refractivity contribution in [2.45, 2.75) is 52.7 Å². The second kappa shape index (κ2) is 9.56. The Labute approximate surface area is 166 Å². The zero-order chi connectivity index (χ0) is 20.0. The predicted octanol–water partition coefficient (Wildman–Crippen LogP) is 4.13. The Kier molecular flexibility index (Phi) is 7.43. The van der Waals surface area contributed by atoms with Crippen LogP contribution in [0.25, 0.3) is 0 Å². The molecule has 0 aliphatic carbocycles. The lowest BCUT2D eigenvalue weighted by Crippen LogP contribution is -2.49. The van der Waals surface area contributed by atoms with Crippen LogP contribution in [0.4, 0.5) is 0 Å². The fourth-order valence-electron chi connectivity index (χ4n) is 2.90. The molecular formula is C22H27ClN2O2. The first kappa shape index (κ1) is 21.0. The Morgan fingerprint density at radius 3 is 2.41 bits per heavy atom. The third kappa shape index (κ3) is 6.10. The largest absolute Gasteiger partial charge is 0.352 e. The van der Waals surface area contributed by atoms with Crippen LogP contribution in [-0.4, -0.2) is 28.8 Å². The van der Waals surface area contributed by atoms with Gasteiger partial charge >= 0.3 is 0 Å². The predicted molar refractivity (Wildman–Crippen MR) is 110 cm³/mol. The molecule has 5 heteroatoms. The van der Waals surface area contributed by atoms with Crippen LogP contribution < -0.4 is 5.32 Å². The Hall–Kier alpha value is -2.33. The lowest BCUT2D eigenvalue weighted by Gasteiger charge is -2.29. The summed E-state index contributed by atoms with van der Waals surface area (Å²) in [5.74, 6) is -0.276. The van der Waals surface area contributed by atoms with Gasteiger partial charge in [-0.05, 0) is 44.9 Å². The fraction of sp³-hybridized carbons (Fsp3) is 0.364. The first-order valence-corrected chi connectivity index (χ1v) is 9.54. The molecule has 0 fully saturated rings. The van der Waals surface area contributed by atoms with E-state index in [1.165, 1.54) is 0 Å². The zero-order valence-corrected chi connectivity index (χ0v) is 17.1. The molecule has 2 aromatic rings. The summed E-state index contributed by atoms with van der Waals surface area (Å²) in [5, 5.41) is 3.47. The van der Waals surface area contributed by atoms with Gasteiger partial charge in [0.1, 0.15) is 6.04 Å². The maximum atomic E-state index is 13.1. The summed E-state index contributed by atoms with van der Waals surface area (Å²) in [6, 6.07) is 14.7. The van der Waals surface area contributed by atoms with Crippen molar-refractivity contribution in [3.63, 3.8) is 0 Å². The molecule has 0 spiro atoms. The lowest BCUT2D eigenvalue weighted by molar-refractivity contribution is -0.140. The number of rotatable bonds is 7. The van der Waals surface area contributed by atoms with E-state index in [4.69, 9.17) is 11.6 Å². The van der Waals surface area contributed by atoms with E-state index in [0.29, 0.717) is 5.02 Å². The minimum Gasteiger partial charge on any atom is -0.352 e. The average Bonchev–Trinajstić information content (AvgIpc) is 2.59. The Balaban J connectivity index is 2.26. The molecule has 0 heterocycles. The molecule has 0 bridgehead atoms. The van der Waals surface area contributed by atoms with Gasteiger partial charge in [-0.15, -0.1) is 0 Å². The van der Waals surface area contributed by atoms with E-state index in [1.54, 1.807) is 17.9 Å². The summed E-state index contributed by atoms with van der Waals surface area (Å²) in [5.41, 5.74) is 2.85. The van der Waals surface area contributed by atoms with Crippen LogP contribution in [0.15, 0.2) is 48.5 Å².